The lowest BCUT2D eigenvalue weighted by molar-refractivity contribution is -0.132. The molecule has 1 aromatic rings. The predicted molar refractivity (Wildman–Crippen MR) is 89.1 cm³/mol. The topological polar surface area (TPSA) is 48.0 Å². The Kier molecular flexibility index (Phi) is 6.69. The van der Waals surface area contributed by atoms with Gasteiger partial charge in [-0.05, 0) is 19.4 Å². The number of amides is 1. The molecule has 0 saturated carbocycles. The molecule has 0 radical (unpaired) electrons. The molecule has 1 heterocycles. The van der Waals surface area contributed by atoms with E-state index in [0.29, 0.717) is 30.5 Å². The van der Waals surface area contributed by atoms with Crippen LogP contribution in [0.2, 0.25) is 5.02 Å². The number of carbonyl (C=O) groups excluding carboxylic acids is 1. The van der Waals surface area contributed by atoms with Crippen LogP contribution in [0.15, 0.2) is 18.2 Å². The second-order valence-electron chi connectivity index (χ2n) is 5.59. The number of halogens is 1. The van der Waals surface area contributed by atoms with Crippen LogP contribution in [0, 0.1) is 0 Å². The van der Waals surface area contributed by atoms with Crippen LogP contribution in [-0.4, -0.2) is 56.9 Å². The largest absolute Gasteiger partial charge is 0.492 e. The lowest BCUT2D eigenvalue weighted by Crippen LogP contribution is -2.39. The average Bonchev–Trinajstić information content (AvgIpc) is 2.94. The molecule has 6 heteroatoms. The van der Waals surface area contributed by atoms with Crippen molar-refractivity contribution in [3.8, 4) is 5.75 Å². The van der Waals surface area contributed by atoms with Gasteiger partial charge in [-0.3, -0.25) is 4.79 Å². The Morgan fingerprint density at radius 1 is 1.39 bits per heavy atom. The highest BCUT2D eigenvalue weighted by Crippen LogP contribution is 2.30. The second-order valence-corrected chi connectivity index (χ2v) is 5.99. The Bertz CT molecular complexity index is 537. The Balaban J connectivity index is 2.13. The van der Waals surface area contributed by atoms with Crippen molar-refractivity contribution in [2.24, 2.45) is 0 Å². The van der Waals surface area contributed by atoms with Crippen LogP contribution in [0.25, 0.3) is 0 Å². The normalized spacial score (nSPS) is 20.8. The van der Waals surface area contributed by atoms with Crippen molar-refractivity contribution in [1.82, 2.24) is 4.90 Å². The van der Waals surface area contributed by atoms with Crippen molar-refractivity contribution in [1.29, 1.82) is 0 Å². The van der Waals surface area contributed by atoms with Gasteiger partial charge in [0.2, 0.25) is 5.91 Å². The third-order valence-electron chi connectivity index (χ3n) is 4.07. The highest BCUT2D eigenvalue weighted by Gasteiger charge is 2.35. The van der Waals surface area contributed by atoms with E-state index >= 15 is 0 Å². The first-order chi connectivity index (χ1) is 11.1. The van der Waals surface area contributed by atoms with Crippen molar-refractivity contribution in [2.45, 2.75) is 31.9 Å². The van der Waals surface area contributed by atoms with Crippen molar-refractivity contribution >= 4 is 17.5 Å². The monoisotopic (exact) mass is 341 g/mol. The molecule has 5 nitrogen and oxygen atoms in total. The van der Waals surface area contributed by atoms with E-state index in [0.717, 1.165) is 12.0 Å². The first-order valence-electron chi connectivity index (χ1n) is 7.82. The van der Waals surface area contributed by atoms with Crippen LogP contribution >= 0.6 is 11.6 Å². The molecule has 2 rings (SSSR count). The lowest BCUT2D eigenvalue weighted by atomic mass is 10.1. The van der Waals surface area contributed by atoms with Gasteiger partial charge in [0, 0.05) is 26.3 Å². The number of para-hydroxylation sites is 1. The van der Waals surface area contributed by atoms with Gasteiger partial charge in [0.05, 0.1) is 36.8 Å². The smallest absolute Gasteiger partial charge is 0.227 e. The van der Waals surface area contributed by atoms with E-state index in [9.17, 15) is 4.79 Å². The van der Waals surface area contributed by atoms with Gasteiger partial charge in [-0.2, -0.15) is 0 Å². The summed E-state index contributed by atoms with van der Waals surface area (Å²) in [7, 11) is 3.32. The average molecular weight is 342 g/mol. The van der Waals surface area contributed by atoms with E-state index in [4.69, 9.17) is 25.8 Å². The molecule has 1 amide bonds. The van der Waals surface area contributed by atoms with Gasteiger partial charge in [-0.15, -0.1) is 0 Å². The van der Waals surface area contributed by atoms with Crippen LogP contribution < -0.4 is 4.74 Å². The summed E-state index contributed by atoms with van der Waals surface area (Å²) in [4.78, 5) is 14.6. The molecular formula is C17H24ClNO4. The summed E-state index contributed by atoms with van der Waals surface area (Å²) in [5.41, 5.74) is 0.807. The summed E-state index contributed by atoms with van der Waals surface area (Å²) in [6.45, 7) is 3.51. The number of benzene rings is 1. The zero-order valence-electron chi connectivity index (χ0n) is 13.9. The van der Waals surface area contributed by atoms with Gasteiger partial charge in [0.25, 0.3) is 0 Å². The molecule has 0 N–H and O–H groups in total. The molecule has 0 unspecified atom stereocenters. The number of likely N-dealkylation sites (tertiary alicyclic amines) is 1. The summed E-state index contributed by atoms with van der Waals surface area (Å²) < 4.78 is 16.2. The van der Waals surface area contributed by atoms with E-state index in [1.54, 1.807) is 20.3 Å². The molecule has 1 fully saturated rings. The quantitative estimate of drug-likeness (QED) is 0.764. The maximum absolute atomic E-state index is 12.7. The van der Waals surface area contributed by atoms with Gasteiger partial charge >= 0.3 is 0 Å². The van der Waals surface area contributed by atoms with Crippen LogP contribution in [-0.2, 0) is 20.7 Å². The standard InChI is InChI=1S/C17H24ClNO4/c1-4-23-17-12(6-5-7-15(17)18)8-16(20)19-10-14(22-3)9-13(19)11-21-2/h5-7,13-14H,4,8-11H2,1-3H3/t13-,14+/m0/s1. The van der Waals surface area contributed by atoms with E-state index < -0.39 is 0 Å². The predicted octanol–water partition coefficient (Wildman–Crippen LogP) is 2.54. The van der Waals surface area contributed by atoms with E-state index in [1.807, 2.05) is 24.0 Å². The molecule has 128 valence electrons. The van der Waals surface area contributed by atoms with Crippen molar-refractivity contribution in [2.75, 3.05) is 34.0 Å². The number of carbonyl (C=O) groups is 1. The Hall–Kier alpha value is -1.30. The Labute approximate surface area is 142 Å². The number of ether oxygens (including phenoxy) is 3. The van der Waals surface area contributed by atoms with Gasteiger partial charge in [0.15, 0.2) is 0 Å². The fourth-order valence-corrected chi connectivity index (χ4v) is 3.21. The summed E-state index contributed by atoms with van der Waals surface area (Å²) in [6.07, 6.45) is 1.11. The number of hydrogen-bond donors (Lipinski definition) is 0. The number of nitrogens with zero attached hydrogens (tertiary/aromatic N) is 1. The number of rotatable bonds is 7. The number of hydrogen-bond acceptors (Lipinski definition) is 4. The van der Waals surface area contributed by atoms with Crippen molar-refractivity contribution < 1.29 is 19.0 Å². The fraction of sp³-hybridized carbons (Fsp3) is 0.588. The summed E-state index contributed by atoms with van der Waals surface area (Å²) in [6, 6.07) is 5.53. The van der Waals surface area contributed by atoms with Gasteiger partial charge in [-0.25, -0.2) is 0 Å². The molecule has 0 spiro atoms. The van der Waals surface area contributed by atoms with Gasteiger partial charge in [-0.1, -0.05) is 23.7 Å². The van der Waals surface area contributed by atoms with Crippen LogP contribution in [0.1, 0.15) is 18.9 Å². The SMILES string of the molecule is CCOc1c(Cl)cccc1CC(=O)N1C[C@H](OC)C[C@H]1COC. The van der Waals surface area contributed by atoms with E-state index in [1.165, 1.54) is 0 Å². The summed E-state index contributed by atoms with van der Waals surface area (Å²) in [5, 5.41) is 0.529. The van der Waals surface area contributed by atoms with E-state index in [2.05, 4.69) is 0 Å². The van der Waals surface area contributed by atoms with Crippen molar-refractivity contribution in [3.05, 3.63) is 28.8 Å². The Morgan fingerprint density at radius 2 is 2.17 bits per heavy atom. The first-order valence-corrected chi connectivity index (χ1v) is 8.19. The molecular weight excluding hydrogens is 318 g/mol. The highest BCUT2D eigenvalue weighted by atomic mass is 35.5. The van der Waals surface area contributed by atoms with Crippen LogP contribution in [0.3, 0.4) is 0 Å². The second kappa shape index (κ2) is 8.52. The van der Waals surface area contributed by atoms with Crippen LogP contribution in [0.5, 0.6) is 5.75 Å². The molecule has 1 aliphatic heterocycles. The first kappa shape index (κ1) is 18.0. The highest BCUT2D eigenvalue weighted by molar-refractivity contribution is 6.32. The third-order valence-corrected chi connectivity index (χ3v) is 4.37. The molecule has 1 aromatic carbocycles. The minimum atomic E-state index is 0.0369. The van der Waals surface area contributed by atoms with Gasteiger partial charge in [0.1, 0.15) is 5.75 Å². The van der Waals surface area contributed by atoms with Crippen LogP contribution in [0.4, 0.5) is 0 Å². The third kappa shape index (κ3) is 4.37. The fourth-order valence-electron chi connectivity index (χ4n) is 2.96. The molecule has 0 bridgehead atoms. The molecule has 2 atom stereocenters. The Morgan fingerprint density at radius 3 is 2.83 bits per heavy atom. The van der Waals surface area contributed by atoms with Crippen molar-refractivity contribution in [3.63, 3.8) is 0 Å². The zero-order valence-corrected chi connectivity index (χ0v) is 14.6. The zero-order chi connectivity index (χ0) is 16.8. The molecule has 23 heavy (non-hydrogen) atoms. The molecule has 1 saturated heterocycles. The minimum Gasteiger partial charge on any atom is -0.492 e. The molecule has 1 aliphatic rings. The van der Waals surface area contributed by atoms with Gasteiger partial charge < -0.3 is 19.1 Å². The maximum atomic E-state index is 12.7. The minimum absolute atomic E-state index is 0.0369. The summed E-state index contributed by atoms with van der Waals surface area (Å²) >= 11 is 6.19. The lowest BCUT2D eigenvalue weighted by Gasteiger charge is -2.24. The molecule has 0 aromatic heterocycles. The van der Waals surface area contributed by atoms with E-state index in [-0.39, 0.29) is 24.5 Å². The maximum Gasteiger partial charge on any atom is 0.227 e. The summed E-state index contributed by atoms with van der Waals surface area (Å²) in [5.74, 6) is 0.630. The molecule has 0 aliphatic carbocycles. The number of methoxy groups -OCH3 is 2.